The Labute approximate surface area is 123 Å². The first-order valence-electron chi connectivity index (χ1n) is 5.54. The van der Waals surface area contributed by atoms with Crippen molar-refractivity contribution in [1.29, 1.82) is 0 Å². The van der Waals surface area contributed by atoms with Gasteiger partial charge in [-0.15, -0.1) is 0 Å². The Morgan fingerprint density at radius 3 is 2.74 bits per heavy atom. The van der Waals surface area contributed by atoms with Gasteiger partial charge in [-0.05, 0) is 41.9 Å². The SMILES string of the molecule is Cc1nc(=O)n(Cc2nc(N)ccc2Cl)c(C)c1Br. The Balaban J connectivity index is 2.53. The van der Waals surface area contributed by atoms with Gasteiger partial charge in [0.2, 0.25) is 0 Å². The highest BCUT2D eigenvalue weighted by Crippen LogP contribution is 2.20. The van der Waals surface area contributed by atoms with E-state index < -0.39 is 0 Å². The van der Waals surface area contributed by atoms with Gasteiger partial charge >= 0.3 is 5.69 Å². The molecule has 2 rings (SSSR count). The molecule has 0 radical (unpaired) electrons. The number of hydrogen-bond donors (Lipinski definition) is 1. The van der Waals surface area contributed by atoms with E-state index in [2.05, 4.69) is 25.9 Å². The third kappa shape index (κ3) is 2.79. The molecule has 0 aliphatic heterocycles. The van der Waals surface area contributed by atoms with Crippen LogP contribution < -0.4 is 11.4 Å². The van der Waals surface area contributed by atoms with Gasteiger partial charge in [-0.2, -0.15) is 4.98 Å². The van der Waals surface area contributed by atoms with E-state index in [9.17, 15) is 4.79 Å². The van der Waals surface area contributed by atoms with Crippen molar-refractivity contribution in [3.63, 3.8) is 0 Å². The summed E-state index contributed by atoms with van der Waals surface area (Å²) in [6, 6.07) is 3.28. The van der Waals surface area contributed by atoms with Crippen LogP contribution in [0.25, 0.3) is 0 Å². The van der Waals surface area contributed by atoms with E-state index in [-0.39, 0.29) is 12.2 Å². The molecule has 0 aliphatic carbocycles. The van der Waals surface area contributed by atoms with Crippen molar-refractivity contribution in [3.05, 3.63) is 49.2 Å². The average molecular weight is 344 g/mol. The van der Waals surface area contributed by atoms with Gasteiger partial charge in [-0.1, -0.05) is 11.6 Å². The van der Waals surface area contributed by atoms with Crippen LogP contribution in [0.4, 0.5) is 5.82 Å². The molecule has 0 unspecified atom stereocenters. The molecule has 0 spiro atoms. The van der Waals surface area contributed by atoms with Crippen LogP contribution in [0.3, 0.4) is 0 Å². The minimum absolute atomic E-state index is 0.237. The largest absolute Gasteiger partial charge is 0.384 e. The van der Waals surface area contributed by atoms with Crippen LogP contribution in [-0.4, -0.2) is 14.5 Å². The number of pyridine rings is 1. The summed E-state index contributed by atoms with van der Waals surface area (Å²) >= 11 is 9.47. The fourth-order valence-corrected chi connectivity index (χ4v) is 2.19. The normalized spacial score (nSPS) is 10.7. The maximum atomic E-state index is 11.9. The van der Waals surface area contributed by atoms with Gasteiger partial charge in [0.25, 0.3) is 0 Å². The summed E-state index contributed by atoms with van der Waals surface area (Å²) in [5.74, 6) is 0.365. The minimum Gasteiger partial charge on any atom is -0.384 e. The summed E-state index contributed by atoms with van der Waals surface area (Å²) in [6.07, 6.45) is 0. The summed E-state index contributed by atoms with van der Waals surface area (Å²) in [7, 11) is 0. The lowest BCUT2D eigenvalue weighted by atomic mass is 10.3. The molecular weight excluding hydrogens is 332 g/mol. The molecule has 0 aliphatic rings. The molecule has 0 atom stereocenters. The van der Waals surface area contributed by atoms with Crippen molar-refractivity contribution >= 4 is 33.3 Å². The molecule has 0 aromatic carbocycles. The maximum absolute atomic E-state index is 11.9. The standard InChI is InChI=1S/C12H12BrClN4O/c1-6-11(13)7(2)18(12(19)16-6)5-9-8(14)3-4-10(15)17-9/h3-4H,5H2,1-2H3,(H2,15,17). The first-order chi connectivity index (χ1) is 8.90. The van der Waals surface area contributed by atoms with E-state index in [4.69, 9.17) is 17.3 Å². The van der Waals surface area contributed by atoms with Crippen LogP contribution >= 0.6 is 27.5 Å². The van der Waals surface area contributed by atoms with Gasteiger partial charge < -0.3 is 5.73 Å². The molecule has 0 fully saturated rings. The van der Waals surface area contributed by atoms with E-state index in [1.54, 1.807) is 19.1 Å². The zero-order chi connectivity index (χ0) is 14.2. The molecule has 2 aromatic heterocycles. The molecule has 0 bridgehead atoms. The fourth-order valence-electron chi connectivity index (χ4n) is 1.72. The highest BCUT2D eigenvalue weighted by molar-refractivity contribution is 9.10. The van der Waals surface area contributed by atoms with Gasteiger partial charge in [-0.3, -0.25) is 4.57 Å². The lowest BCUT2D eigenvalue weighted by Crippen LogP contribution is -2.27. The van der Waals surface area contributed by atoms with Crippen LogP contribution in [-0.2, 0) is 6.54 Å². The van der Waals surface area contributed by atoms with Crippen LogP contribution in [0.5, 0.6) is 0 Å². The van der Waals surface area contributed by atoms with Gasteiger partial charge in [0.05, 0.1) is 27.4 Å². The first-order valence-corrected chi connectivity index (χ1v) is 6.71. The summed E-state index contributed by atoms with van der Waals surface area (Å²) in [5.41, 5.74) is 7.27. The lowest BCUT2D eigenvalue weighted by molar-refractivity contribution is 0.676. The number of aromatic nitrogens is 3. The van der Waals surface area contributed by atoms with Gasteiger partial charge in [-0.25, -0.2) is 9.78 Å². The molecule has 19 heavy (non-hydrogen) atoms. The fraction of sp³-hybridized carbons (Fsp3) is 0.250. The van der Waals surface area contributed by atoms with E-state index in [1.165, 1.54) is 4.57 Å². The Morgan fingerprint density at radius 1 is 1.37 bits per heavy atom. The van der Waals surface area contributed by atoms with Gasteiger partial charge in [0.1, 0.15) is 5.82 Å². The monoisotopic (exact) mass is 342 g/mol. The van der Waals surface area contributed by atoms with Crippen molar-refractivity contribution in [1.82, 2.24) is 14.5 Å². The van der Waals surface area contributed by atoms with E-state index in [0.29, 0.717) is 22.2 Å². The average Bonchev–Trinajstić information content (AvgIpc) is 2.36. The van der Waals surface area contributed by atoms with E-state index in [0.717, 1.165) is 10.2 Å². The second kappa shape index (κ2) is 5.30. The molecule has 0 saturated carbocycles. The maximum Gasteiger partial charge on any atom is 0.348 e. The van der Waals surface area contributed by atoms with Crippen LogP contribution in [0.1, 0.15) is 17.1 Å². The number of halogens is 2. The number of nitrogens with two attached hydrogens (primary N) is 1. The highest BCUT2D eigenvalue weighted by atomic mass is 79.9. The van der Waals surface area contributed by atoms with Crippen molar-refractivity contribution < 1.29 is 0 Å². The van der Waals surface area contributed by atoms with Crippen LogP contribution in [0.15, 0.2) is 21.4 Å². The Hall–Kier alpha value is -1.40. The number of nitrogens with zero attached hydrogens (tertiary/aromatic N) is 3. The summed E-state index contributed by atoms with van der Waals surface area (Å²) in [5, 5.41) is 0.470. The molecule has 0 saturated heterocycles. The zero-order valence-corrected chi connectivity index (χ0v) is 12.8. The van der Waals surface area contributed by atoms with E-state index in [1.807, 2.05) is 6.92 Å². The molecule has 5 nitrogen and oxygen atoms in total. The molecule has 2 heterocycles. The van der Waals surface area contributed by atoms with Crippen molar-refractivity contribution in [2.45, 2.75) is 20.4 Å². The molecule has 7 heteroatoms. The highest BCUT2D eigenvalue weighted by Gasteiger charge is 2.12. The predicted octanol–water partition coefficient (Wildman–Crippen LogP) is 2.30. The smallest absolute Gasteiger partial charge is 0.348 e. The molecule has 2 N–H and O–H groups in total. The topological polar surface area (TPSA) is 73.8 Å². The zero-order valence-electron chi connectivity index (χ0n) is 10.4. The van der Waals surface area contributed by atoms with Crippen molar-refractivity contribution in [2.24, 2.45) is 0 Å². The van der Waals surface area contributed by atoms with Crippen LogP contribution in [0.2, 0.25) is 5.02 Å². The summed E-state index contributed by atoms with van der Waals surface area (Å²) < 4.78 is 2.30. The number of anilines is 1. The summed E-state index contributed by atoms with van der Waals surface area (Å²) in [4.78, 5) is 20.0. The number of nitrogen functional groups attached to an aromatic ring is 1. The number of aryl methyl sites for hydroxylation is 1. The van der Waals surface area contributed by atoms with Crippen LogP contribution in [0, 0.1) is 13.8 Å². The number of rotatable bonds is 2. The third-order valence-corrected chi connectivity index (χ3v) is 4.27. The predicted molar refractivity (Wildman–Crippen MR) is 78.4 cm³/mol. The number of hydrogen-bond acceptors (Lipinski definition) is 4. The second-order valence-corrected chi connectivity index (χ2v) is 5.33. The van der Waals surface area contributed by atoms with Gasteiger partial charge in [0, 0.05) is 5.69 Å². The Morgan fingerprint density at radius 2 is 2.05 bits per heavy atom. The molecule has 100 valence electrons. The second-order valence-electron chi connectivity index (χ2n) is 4.13. The third-order valence-electron chi connectivity index (χ3n) is 2.78. The minimum atomic E-state index is -0.335. The Bertz CT molecular complexity index is 699. The van der Waals surface area contributed by atoms with E-state index >= 15 is 0 Å². The summed E-state index contributed by atoms with van der Waals surface area (Å²) in [6.45, 7) is 3.84. The molecular formula is C12H12BrClN4O. The van der Waals surface area contributed by atoms with Crippen molar-refractivity contribution in [2.75, 3.05) is 5.73 Å². The molecule has 2 aromatic rings. The van der Waals surface area contributed by atoms with Gasteiger partial charge in [0.15, 0.2) is 0 Å². The lowest BCUT2D eigenvalue weighted by Gasteiger charge is -2.12. The quantitative estimate of drug-likeness (QED) is 0.908. The molecule has 0 amide bonds. The first kappa shape index (κ1) is 14.0. The Kier molecular flexibility index (Phi) is 3.91. The van der Waals surface area contributed by atoms with Crippen molar-refractivity contribution in [3.8, 4) is 0 Å².